The van der Waals surface area contributed by atoms with Crippen LogP contribution in [0.25, 0.3) is 0 Å². The van der Waals surface area contributed by atoms with Crippen LogP contribution in [0.1, 0.15) is 49.0 Å². The van der Waals surface area contributed by atoms with Crippen LogP contribution in [0.2, 0.25) is 5.02 Å². The standard InChI is InChI=1S/C21H24ClNO2/c1-15-7-5-8-16(2)23(15)21(24)17-10-6-11-19(13-17)25-14-18-9-3-4-12-20(18)22/h3-4,6,9-13,15-16H,5,7-8,14H2,1-2H3/t15-,16+. The number of amides is 1. The van der Waals surface area contributed by atoms with Gasteiger partial charge in [-0.1, -0.05) is 35.9 Å². The fraction of sp³-hybridized carbons (Fsp3) is 0.381. The van der Waals surface area contributed by atoms with Crippen molar-refractivity contribution in [1.82, 2.24) is 4.90 Å². The molecule has 1 heterocycles. The predicted molar refractivity (Wildman–Crippen MR) is 101 cm³/mol. The Hall–Kier alpha value is -2.00. The van der Waals surface area contributed by atoms with Gasteiger partial charge < -0.3 is 9.64 Å². The van der Waals surface area contributed by atoms with Gasteiger partial charge in [0.2, 0.25) is 0 Å². The molecule has 0 radical (unpaired) electrons. The van der Waals surface area contributed by atoms with E-state index in [2.05, 4.69) is 13.8 Å². The minimum atomic E-state index is 0.0860. The Morgan fingerprint density at radius 3 is 2.56 bits per heavy atom. The zero-order valence-electron chi connectivity index (χ0n) is 14.7. The maximum absolute atomic E-state index is 13.0. The summed E-state index contributed by atoms with van der Waals surface area (Å²) in [5.41, 5.74) is 1.61. The molecule has 1 amide bonds. The van der Waals surface area contributed by atoms with E-state index in [1.165, 1.54) is 6.42 Å². The Kier molecular flexibility index (Phi) is 5.64. The summed E-state index contributed by atoms with van der Waals surface area (Å²) in [6.45, 7) is 4.64. The monoisotopic (exact) mass is 357 g/mol. The van der Waals surface area contributed by atoms with Crippen LogP contribution >= 0.6 is 11.6 Å². The van der Waals surface area contributed by atoms with Crippen LogP contribution < -0.4 is 4.74 Å². The summed E-state index contributed by atoms with van der Waals surface area (Å²) in [4.78, 5) is 15.0. The second-order valence-electron chi connectivity index (χ2n) is 6.75. The Morgan fingerprint density at radius 2 is 1.84 bits per heavy atom. The quantitative estimate of drug-likeness (QED) is 0.740. The van der Waals surface area contributed by atoms with Gasteiger partial charge in [-0.3, -0.25) is 4.79 Å². The van der Waals surface area contributed by atoms with Gasteiger partial charge in [-0.25, -0.2) is 0 Å². The smallest absolute Gasteiger partial charge is 0.254 e. The largest absolute Gasteiger partial charge is 0.489 e. The van der Waals surface area contributed by atoms with Crippen molar-refractivity contribution in [2.45, 2.75) is 51.8 Å². The highest BCUT2D eigenvalue weighted by Crippen LogP contribution is 2.26. The molecular formula is C21H24ClNO2. The number of piperidine rings is 1. The molecular weight excluding hydrogens is 334 g/mol. The fourth-order valence-corrected chi connectivity index (χ4v) is 3.66. The highest BCUT2D eigenvalue weighted by atomic mass is 35.5. The average molecular weight is 358 g/mol. The Bertz CT molecular complexity index is 736. The van der Waals surface area contributed by atoms with Gasteiger partial charge in [0.15, 0.2) is 0 Å². The van der Waals surface area contributed by atoms with E-state index in [0.717, 1.165) is 18.4 Å². The van der Waals surface area contributed by atoms with Crippen LogP contribution in [0.4, 0.5) is 0 Å². The van der Waals surface area contributed by atoms with Gasteiger partial charge in [-0.15, -0.1) is 0 Å². The summed E-state index contributed by atoms with van der Waals surface area (Å²) in [7, 11) is 0. The van der Waals surface area contributed by atoms with Crippen LogP contribution in [0.5, 0.6) is 5.75 Å². The number of benzene rings is 2. The third kappa shape index (κ3) is 4.16. The topological polar surface area (TPSA) is 29.5 Å². The Morgan fingerprint density at radius 1 is 1.12 bits per heavy atom. The second kappa shape index (κ2) is 7.92. The Balaban J connectivity index is 1.72. The lowest BCUT2D eigenvalue weighted by Gasteiger charge is -2.39. The molecule has 0 unspecified atom stereocenters. The average Bonchev–Trinajstić information content (AvgIpc) is 2.61. The lowest BCUT2D eigenvalue weighted by Crippen LogP contribution is -2.47. The van der Waals surface area contributed by atoms with Crippen molar-refractivity contribution in [2.24, 2.45) is 0 Å². The molecule has 132 valence electrons. The molecule has 3 rings (SSSR count). The maximum Gasteiger partial charge on any atom is 0.254 e. The van der Waals surface area contributed by atoms with E-state index in [1.54, 1.807) is 0 Å². The number of likely N-dealkylation sites (tertiary alicyclic amines) is 1. The van der Waals surface area contributed by atoms with Gasteiger partial charge in [0.1, 0.15) is 12.4 Å². The van der Waals surface area contributed by atoms with Crippen LogP contribution in [0.15, 0.2) is 48.5 Å². The van der Waals surface area contributed by atoms with Crippen molar-refractivity contribution >= 4 is 17.5 Å². The van der Waals surface area contributed by atoms with Crippen LogP contribution in [-0.2, 0) is 6.61 Å². The summed E-state index contributed by atoms with van der Waals surface area (Å²) in [5.74, 6) is 0.769. The van der Waals surface area contributed by atoms with E-state index < -0.39 is 0 Å². The number of hydrogen-bond acceptors (Lipinski definition) is 2. The van der Waals surface area contributed by atoms with Crippen LogP contribution in [0, 0.1) is 0 Å². The summed E-state index contributed by atoms with van der Waals surface area (Å²) in [5, 5.41) is 0.686. The molecule has 1 aliphatic heterocycles. The van der Waals surface area contributed by atoms with E-state index >= 15 is 0 Å². The molecule has 0 aromatic heterocycles. The first-order valence-electron chi connectivity index (χ1n) is 8.85. The zero-order valence-corrected chi connectivity index (χ0v) is 15.5. The number of halogens is 1. The maximum atomic E-state index is 13.0. The summed E-state index contributed by atoms with van der Waals surface area (Å²) in [6, 6.07) is 15.6. The van der Waals surface area contributed by atoms with Crippen LogP contribution in [0.3, 0.4) is 0 Å². The van der Waals surface area contributed by atoms with Gasteiger partial charge in [0.05, 0.1) is 0 Å². The van der Waals surface area contributed by atoms with E-state index in [-0.39, 0.29) is 18.0 Å². The highest BCUT2D eigenvalue weighted by molar-refractivity contribution is 6.31. The summed E-state index contributed by atoms with van der Waals surface area (Å²) in [6.07, 6.45) is 3.32. The molecule has 1 fully saturated rings. The van der Waals surface area contributed by atoms with Crippen molar-refractivity contribution in [3.05, 3.63) is 64.7 Å². The molecule has 0 bridgehead atoms. The number of ether oxygens (including phenoxy) is 1. The van der Waals surface area contributed by atoms with Gasteiger partial charge in [-0.05, 0) is 57.4 Å². The summed E-state index contributed by atoms with van der Waals surface area (Å²) < 4.78 is 5.85. The molecule has 2 aromatic rings. The number of carbonyl (C=O) groups excluding carboxylic acids is 1. The SMILES string of the molecule is C[C@@H]1CCC[C@H](C)N1C(=O)c1cccc(OCc2ccccc2Cl)c1. The number of hydrogen-bond donors (Lipinski definition) is 0. The van der Waals surface area contributed by atoms with Gasteiger partial charge >= 0.3 is 0 Å². The van der Waals surface area contributed by atoms with E-state index in [1.807, 2.05) is 53.4 Å². The van der Waals surface area contributed by atoms with Crippen molar-refractivity contribution in [3.8, 4) is 5.75 Å². The molecule has 25 heavy (non-hydrogen) atoms. The number of nitrogens with zero attached hydrogens (tertiary/aromatic N) is 1. The molecule has 0 N–H and O–H groups in total. The van der Waals surface area contributed by atoms with Crippen molar-refractivity contribution in [2.75, 3.05) is 0 Å². The van der Waals surface area contributed by atoms with E-state index in [9.17, 15) is 4.79 Å². The molecule has 0 spiro atoms. The fourth-order valence-electron chi connectivity index (χ4n) is 3.47. The molecule has 4 heteroatoms. The van der Waals surface area contributed by atoms with Gasteiger partial charge in [-0.2, -0.15) is 0 Å². The molecule has 0 saturated carbocycles. The first kappa shape index (κ1) is 17.8. The van der Waals surface area contributed by atoms with Crippen molar-refractivity contribution < 1.29 is 9.53 Å². The predicted octanol–water partition coefficient (Wildman–Crippen LogP) is 5.32. The highest BCUT2D eigenvalue weighted by Gasteiger charge is 2.29. The second-order valence-corrected chi connectivity index (χ2v) is 7.16. The van der Waals surface area contributed by atoms with Crippen molar-refractivity contribution in [3.63, 3.8) is 0 Å². The molecule has 2 aromatic carbocycles. The molecule has 2 atom stereocenters. The number of rotatable bonds is 4. The third-order valence-corrected chi connectivity index (χ3v) is 5.23. The normalized spacial score (nSPS) is 20.4. The lowest BCUT2D eigenvalue weighted by atomic mass is 9.96. The van der Waals surface area contributed by atoms with Crippen LogP contribution in [-0.4, -0.2) is 22.9 Å². The van der Waals surface area contributed by atoms with E-state index in [0.29, 0.717) is 22.9 Å². The third-order valence-electron chi connectivity index (χ3n) is 4.86. The minimum Gasteiger partial charge on any atom is -0.489 e. The minimum absolute atomic E-state index is 0.0860. The van der Waals surface area contributed by atoms with E-state index in [4.69, 9.17) is 16.3 Å². The number of carbonyl (C=O) groups is 1. The molecule has 0 aliphatic carbocycles. The zero-order chi connectivity index (χ0) is 17.8. The first-order chi connectivity index (χ1) is 12.1. The molecule has 3 nitrogen and oxygen atoms in total. The first-order valence-corrected chi connectivity index (χ1v) is 9.23. The van der Waals surface area contributed by atoms with Gasteiger partial charge in [0.25, 0.3) is 5.91 Å². The Labute approximate surface area is 154 Å². The van der Waals surface area contributed by atoms with Crippen molar-refractivity contribution in [1.29, 1.82) is 0 Å². The molecule has 1 saturated heterocycles. The lowest BCUT2D eigenvalue weighted by molar-refractivity contribution is 0.0510. The summed E-state index contributed by atoms with van der Waals surface area (Å²) >= 11 is 6.17. The molecule has 1 aliphatic rings. The van der Waals surface area contributed by atoms with Gasteiger partial charge in [0, 0.05) is 28.2 Å².